The zero-order valence-electron chi connectivity index (χ0n) is 10.8. The molecule has 1 N–H and O–H groups in total. The van der Waals surface area contributed by atoms with Crippen LogP contribution in [0, 0.1) is 0 Å². The first-order valence-electron chi connectivity index (χ1n) is 6.11. The van der Waals surface area contributed by atoms with E-state index in [0.29, 0.717) is 17.1 Å². The Labute approximate surface area is 129 Å². The van der Waals surface area contributed by atoms with E-state index in [2.05, 4.69) is 36.4 Å². The first kappa shape index (κ1) is 13.4. The molecule has 0 saturated carbocycles. The van der Waals surface area contributed by atoms with Gasteiger partial charge in [0.15, 0.2) is 0 Å². The number of rotatable bonds is 3. The van der Waals surface area contributed by atoms with Gasteiger partial charge >= 0.3 is 0 Å². The topological polar surface area (TPSA) is 72.7 Å². The number of aromatic nitrogens is 4. The molecule has 0 aliphatic heterocycles. The minimum absolute atomic E-state index is 0.193. The summed E-state index contributed by atoms with van der Waals surface area (Å²) < 4.78 is 2.43. The Balaban J connectivity index is 1.77. The summed E-state index contributed by atoms with van der Waals surface area (Å²) in [6, 6.07) is 10.8. The van der Waals surface area contributed by atoms with Crippen LogP contribution in [0.4, 0.5) is 5.69 Å². The minimum atomic E-state index is -0.193. The van der Waals surface area contributed by atoms with E-state index >= 15 is 0 Å². The van der Waals surface area contributed by atoms with E-state index in [0.717, 1.165) is 4.47 Å². The lowest BCUT2D eigenvalue weighted by Gasteiger charge is -2.07. The second kappa shape index (κ2) is 5.84. The number of carbonyl (C=O) groups excluding carboxylic acids is 1. The van der Waals surface area contributed by atoms with Crippen LogP contribution in [-0.4, -0.2) is 25.7 Å². The Bertz CT molecular complexity index is 755. The first-order valence-corrected chi connectivity index (χ1v) is 6.90. The highest BCUT2D eigenvalue weighted by Gasteiger charge is 2.09. The Hall–Kier alpha value is -2.54. The monoisotopic (exact) mass is 343 g/mol. The van der Waals surface area contributed by atoms with Gasteiger partial charge in [0.25, 0.3) is 5.91 Å². The van der Waals surface area contributed by atoms with E-state index in [9.17, 15) is 4.79 Å². The maximum absolute atomic E-state index is 12.2. The quantitative estimate of drug-likeness (QED) is 0.793. The number of nitrogens with zero attached hydrogens (tertiary/aromatic N) is 4. The van der Waals surface area contributed by atoms with Crippen LogP contribution >= 0.6 is 15.9 Å². The zero-order chi connectivity index (χ0) is 14.7. The molecule has 6 nitrogen and oxygen atoms in total. The third-order valence-electron chi connectivity index (χ3n) is 2.81. The van der Waals surface area contributed by atoms with E-state index < -0.39 is 0 Å². The number of anilines is 1. The van der Waals surface area contributed by atoms with Gasteiger partial charge in [0.2, 0.25) is 0 Å². The molecule has 21 heavy (non-hydrogen) atoms. The molecule has 0 saturated heterocycles. The number of pyridine rings is 1. The largest absolute Gasteiger partial charge is 0.321 e. The van der Waals surface area contributed by atoms with Crippen molar-refractivity contribution in [3.8, 4) is 5.82 Å². The fourth-order valence-corrected chi connectivity index (χ4v) is 2.24. The predicted molar refractivity (Wildman–Crippen MR) is 81.2 cm³/mol. The van der Waals surface area contributed by atoms with Gasteiger partial charge in [0.05, 0.1) is 17.4 Å². The summed E-state index contributed by atoms with van der Waals surface area (Å²) in [7, 11) is 0. The fraction of sp³-hybridized carbons (Fsp3) is 0. The summed E-state index contributed by atoms with van der Waals surface area (Å²) in [6.45, 7) is 0. The molecule has 0 radical (unpaired) electrons. The summed E-state index contributed by atoms with van der Waals surface area (Å²) in [5.74, 6) is 0.486. The second-order valence-corrected chi connectivity index (χ2v) is 5.06. The van der Waals surface area contributed by atoms with Crippen molar-refractivity contribution in [1.29, 1.82) is 0 Å². The molecule has 1 amide bonds. The van der Waals surface area contributed by atoms with Gasteiger partial charge in [0.1, 0.15) is 18.5 Å². The first-order chi connectivity index (χ1) is 10.2. The molecule has 1 aromatic carbocycles. The van der Waals surface area contributed by atoms with Crippen molar-refractivity contribution in [2.75, 3.05) is 5.32 Å². The van der Waals surface area contributed by atoms with Gasteiger partial charge in [-0.15, -0.1) is 10.2 Å². The molecule has 0 atom stereocenters. The normalized spacial score (nSPS) is 10.3. The number of amides is 1. The minimum Gasteiger partial charge on any atom is -0.321 e. The summed E-state index contributed by atoms with van der Waals surface area (Å²) in [5, 5.41) is 10.2. The maximum atomic E-state index is 12.2. The van der Waals surface area contributed by atoms with Crippen LogP contribution in [0.2, 0.25) is 0 Å². The van der Waals surface area contributed by atoms with Crippen LogP contribution in [0.15, 0.2) is 59.7 Å². The van der Waals surface area contributed by atoms with Crippen molar-refractivity contribution >= 4 is 27.5 Å². The van der Waals surface area contributed by atoms with Crippen molar-refractivity contribution < 1.29 is 4.79 Å². The summed E-state index contributed by atoms with van der Waals surface area (Å²) >= 11 is 3.35. The van der Waals surface area contributed by atoms with Crippen LogP contribution in [0.3, 0.4) is 0 Å². The summed E-state index contributed by atoms with van der Waals surface area (Å²) in [5.41, 5.74) is 1.19. The van der Waals surface area contributed by atoms with Crippen molar-refractivity contribution in [2.24, 2.45) is 0 Å². The maximum Gasteiger partial charge on any atom is 0.256 e. The average molecular weight is 344 g/mol. The lowest BCUT2D eigenvalue weighted by atomic mass is 10.2. The van der Waals surface area contributed by atoms with Crippen molar-refractivity contribution in [3.05, 3.63) is 65.3 Å². The molecule has 0 aliphatic carbocycles. The highest BCUT2D eigenvalue weighted by atomic mass is 79.9. The Morgan fingerprint density at radius 2 is 1.86 bits per heavy atom. The van der Waals surface area contributed by atoms with E-state index in [1.807, 2.05) is 18.2 Å². The molecule has 0 fully saturated rings. The number of hydrogen-bond acceptors (Lipinski definition) is 4. The van der Waals surface area contributed by atoms with Gasteiger partial charge in [0, 0.05) is 4.47 Å². The van der Waals surface area contributed by atoms with Crippen LogP contribution < -0.4 is 5.32 Å². The van der Waals surface area contributed by atoms with E-state index in [4.69, 9.17) is 0 Å². The molecule has 7 heteroatoms. The van der Waals surface area contributed by atoms with E-state index in [1.165, 1.54) is 0 Å². The molecule has 2 aromatic heterocycles. The summed E-state index contributed by atoms with van der Waals surface area (Å²) in [4.78, 5) is 16.4. The third-order valence-corrected chi connectivity index (χ3v) is 3.50. The second-order valence-electron chi connectivity index (χ2n) is 4.21. The van der Waals surface area contributed by atoms with Crippen LogP contribution in [0.1, 0.15) is 10.4 Å². The molecule has 3 rings (SSSR count). The van der Waals surface area contributed by atoms with Crippen LogP contribution in [0.5, 0.6) is 0 Å². The van der Waals surface area contributed by atoms with Crippen molar-refractivity contribution in [1.82, 2.24) is 19.7 Å². The smallest absolute Gasteiger partial charge is 0.256 e. The third kappa shape index (κ3) is 2.97. The SMILES string of the molecule is O=C(Nc1ccc(-n2cnnc2)nc1)c1ccccc1Br. The van der Waals surface area contributed by atoms with E-state index in [-0.39, 0.29) is 5.91 Å². The Morgan fingerprint density at radius 3 is 2.52 bits per heavy atom. The molecule has 104 valence electrons. The highest BCUT2D eigenvalue weighted by Crippen LogP contribution is 2.18. The van der Waals surface area contributed by atoms with Crippen molar-refractivity contribution in [3.63, 3.8) is 0 Å². The molecule has 0 bridgehead atoms. The summed E-state index contributed by atoms with van der Waals surface area (Å²) in [6.07, 6.45) is 4.70. The lowest BCUT2D eigenvalue weighted by molar-refractivity contribution is 0.102. The van der Waals surface area contributed by atoms with Crippen molar-refractivity contribution in [2.45, 2.75) is 0 Å². The Morgan fingerprint density at radius 1 is 1.10 bits per heavy atom. The molecule has 0 unspecified atom stereocenters. The van der Waals surface area contributed by atoms with Gasteiger partial charge in [-0.05, 0) is 40.2 Å². The zero-order valence-corrected chi connectivity index (χ0v) is 12.4. The molecular formula is C14H10BrN5O. The molecule has 2 heterocycles. The number of carbonyl (C=O) groups is 1. The molecular weight excluding hydrogens is 334 g/mol. The molecule has 0 aliphatic rings. The van der Waals surface area contributed by atoms with Crippen LogP contribution in [0.25, 0.3) is 5.82 Å². The Kier molecular flexibility index (Phi) is 3.74. The van der Waals surface area contributed by atoms with Gasteiger partial charge in [-0.3, -0.25) is 9.36 Å². The molecule has 3 aromatic rings. The predicted octanol–water partition coefficient (Wildman–Crippen LogP) is 2.68. The van der Waals surface area contributed by atoms with E-state index in [1.54, 1.807) is 41.6 Å². The van der Waals surface area contributed by atoms with Gasteiger partial charge in [-0.1, -0.05) is 12.1 Å². The number of halogens is 1. The molecule has 0 spiro atoms. The van der Waals surface area contributed by atoms with Gasteiger partial charge < -0.3 is 5.32 Å². The number of hydrogen-bond donors (Lipinski definition) is 1. The van der Waals surface area contributed by atoms with Gasteiger partial charge in [-0.25, -0.2) is 4.98 Å². The lowest BCUT2D eigenvalue weighted by Crippen LogP contribution is -2.12. The average Bonchev–Trinajstić information content (AvgIpc) is 3.02. The highest BCUT2D eigenvalue weighted by molar-refractivity contribution is 9.10. The van der Waals surface area contributed by atoms with Crippen LogP contribution in [-0.2, 0) is 0 Å². The fourth-order valence-electron chi connectivity index (χ4n) is 1.78. The number of nitrogens with one attached hydrogen (secondary N) is 1. The standard InChI is InChI=1S/C14H10BrN5O/c15-12-4-2-1-3-11(12)14(21)19-10-5-6-13(16-7-10)20-8-17-18-9-20/h1-9H,(H,19,21). The number of benzene rings is 1. The van der Waals surface area contributed by atoms with Gasteiger partial charge in [-0.2, -0.15) is 0 Å².